The van der Waals surface area contributed by atoms with Gasteiger partial charge in [0.05, 0.1) is 30.6 Å². The Bertz CT molecular complexity index is 1390. The predicted octanol–water partition coefficient (Wildman–Crippen LogP) is -0.473. The molecule has 2 amide bonds. The molecule has 1 saturated heterocycles. The average Bonchev–Trinajstić information content (AvgIpc) is 3.67. The fourth-order valence-corrected chi connectivity index (χ4v) is 4.18. The summed E-state index contributed by atoms with van der Waals surface area (Å²) >= 11 is 0. The molecule has 0 atom stereocenters. The fourth-order valence-electron chi connectivity index (χ4n) is 4.18. The highest BCUT2D eigenvalue weighted by molar-refractivity contribution is 6.15. The highest BCUT2D eigenvalue weighted by atomic mass is 16.5. The van der Waals surface area contributed by atoms with Crippen LogP contribution in [0.25, 0.3) is 11.5 Å². The van der Waals surface area contributed by atoms with Gasteiger partial charge in [0, 0.05) is 38.2 Å². The molecule has 2 fully saturated rings. The van der Waals surface area contributed by atoms with Crippen LogP contribution in [0.15, 0.2) is 28.8 Å². The second-order valence-electron chi connectivity index (χ2n) is 9.49. The van der Waals surface area contributed by atoms with E-state index in [1.807, 2.05) is 0 Å². The number of methoxy groups -OCH3 is 1. The van der Waals surface area contributed by atoms with Gasteiger partial charge in [-0.25, -0.2) is 0 Å². The lowest BCUT2D eigenvalue weighted by atomic mass is 10.0. The van der Waals surface area contributed by atoms with E-state index in [2.05, 4.69) is 41.2 Å². The summed E-state index contributed by atoms with van der Waals surface area (Å²) in [5, 5.41) is 41.6. The van der Waals surface area contributed by atoms with Crippen LogP contribution in [0, 0.1) is 5.92 Å². The molecule has 0 spiro atoms. The second kappa shape index (κ2) is 11.6. The Morgan fingerprint density at radius 3 is 2.70 bits per heavy atom. The molecule has 1 aliphatic carbocycles. The molecule has 2 aromatic heterocycles. The van der Waals surface area contributed by atoms with E-state index in [9.17, 15) is 19.8 Å². The van der Waals surface area contributed by atoms with Crippen LogP contribution >= 0.6 is 0 Å². The third-order valence-electron chi connectivity index (χ3n) is 6.27. The van der Waals surface area contributed by atoms with Crippen molar-refractivity contribution in [3.63, 3.8) is 0 Å². The average molecular weight is 549 g/mol. The first-order valence-corrected chi connectivity index (χ1v) is 12.6. The number of piperazine rings is 1. The predicted molar refractivity (Wildman–Crippen MR) is 141 cm³/mol. The molecule has 208 valence electrons. The topological polar surface area (TPSA) is 200 Å². The largest absolute Gasteiger partial charge is 0.494 e. The molecule has 1 saturated carbocycles. The zero-order valence-corrected chi connectivity index (χ0v) is 21.7. The third-order valence-corrected chi connectivity index (χ3v) is 6.27. The number of ether oxygens (including phenoxy) is 1. The van der Waals surface area contributed by atoms with Gasteiger partial charge >= 0.3 is 0 Å². The standard InChI is InChI=1S/C24H28BN9O6/c1-39-20-14(23-29-18(33-40-23)12-34-9-7-26-8-10-34)3-2-4-15(20)27-16-11-17(28-21(35)13-5-6-13)31-32-19(16)22(36)30-24(25,37)38/h2-4,11,13,26,37-38H,5-10,12H2,1H3,(H,30,36)(H2,27,28,31,35). The zero-order chi connectivity index (χ0) is 28.3. The first-order valence-electron chi connectivity index (χ1n) is 12.6. The van der Waals surface area contributed by atoms with Crippen molar-refractivity contribution >= 4 is 36.9 Å². The van der Waals surface area contributed by atoms with Gasteiger partial charge in [0.25, 0.3) is 11.8 Å². The van der Waals surface area contributed by atoms with Gasteiger partial charge in [-0.15, -0.1) is 10.2 Å². The molecule has 15 nitrogen and oxygen atoms in total. The monoisotopic (exact) mass is 549 g/mol. The van der Waals surface area contributed by atoms with Gasteiger partial charge in [0.15, 0.2) is 36.7 Å². The summed E-state index contributed by atoms with van der Waals surface area (Å²) in [5.41, 5.74) is 0.623. The number of nitrogens with zero attached hydrogens (tertiary/aromatic N) is 5. The van der Waals surface area contributed by atoms with E-state index in [0.717, 1.165) is 39.0 Å². The quantitative estimate of drug-likeness (QED) is 0.140. The van der Waals surface area contributed by atoms with E-state index in [0.29, 0.717) is 29.4 Å². The van der Waals surface area contributed by atoms with Gasteiger partial charge in [0.1, 0.15) is 0 Å². The summed E-state index contributed by atoms with van der Waals surface area (Å²) in [4.78, 5) is 31.7. The number of para-hydroxylation sites is 1. The number of carbonyl (C=O) groups excluding carboxylic acids is 2. The third kappa shape index (κ3) is 6.71. The molecule has 2 radical (unpaired) electrons. The molecular weight excluding hydrogens is 521 g/mol. The Hall–Kier alpha value is -4.12. The molecule has 1 aliphatic heterocycles. The van der Waals surface area contributed by atoms with E-state index < -0.39 is 11.7 Å². The number of nitrogens with one attached hydrogen (secondary N) is 4. The molecule has 3 aromatic rings. The van der Waals surface area contributed by atoms with Crippen molar-refractivity contribution in [3.8, 4) is 17.2 Å². The Morgan fingerprint density at radius 2 is 2.00 bits per heavy atom. The Labute approximate surface area is 230 Å². The van der Waals surface area contributed by atoms with Gasteiger partial charge in [0.2, 0.25) is 5.91 Å². The van der Waals surface area contributed by atoms with Gasteiger partial charge in [-0.3, -0.25) is 14.5 Å². The van der Waals surface area contributed by atoms with Crippen LogP contribution in [-0.4, -0.2) is 94.2 Å². The van der Waals surface area contributed by atoms with Crippen LogP contribution in [0.1, 0.15) is 29.2 Å². The van der Waals surface area contributed by atoms with Crippen molar-refractivity contribution in [2.45, 2.75) is 25.2 Å². The van der Waals surface area contributed by atoms with Crippen LogP contribution < -0.4 is 26.0 Å². The molecule has 1 aromatic carbocycles. The summed E-state index contributed by atoms with van der Waals surface area (Å²) in [5.74, 6) is -3.15. The lowest BCUT2D eigenvalue weighted by Gasteiger charge is -2.25. The van der Waals surface area contributed by atoms with Crippen molar-refractivity contribution in [1.82, 2.24) is 35.9 Å². The minimum Gasteiger partial charge on any atom is -0.494 e. The maximum Gasteiger partial charge on any atom is 0.277 e. The highest BCUT2D eigenvalue weighted by Crippen LogP contribution is 2.38. The number of hydrogen-bond donors (Lipinski definition) is 6. The summed E-state index contributed by atoms with van der Waals surface area (Å²) in [6, 6.07) is 6.53. The lowest BCUT2D eigenvalue weighted by molar-refractivity contribution is -0.117. The lowest BCUT2D eigenvalue weighted by Crippen LogP contribution is -2.49. The number of rotatable bonds is 10. The first kappa shape index (κ1) is 27.5. The molecular formula is C24H28BN9O6. The normalized spacial score (nSPS) is 15.9. The minimum absolute atomic E-state index is 0.0724. The van der Waals surface area contributed by atoms with Crippen molar-refractivity contribution in [1.29, 1.82) is 0 Å². The Morgan fingerprint density at radius 1 is 1.23 bits per heavy atom. The number of benzene rings is 1. The number of carbonyl (C=O) groups is 2. The second-order valence-corrected chi connectivity index (χ2v) is 9.49. The number of amides is 2. The molecule has 40 heavy (non-hydrogen) atoms. The van der Waals surface area contributed by atoms with Crippen LogP contribution in [0.4, 0.5) is 17.2 Å². The van der Waals surface area contributed by atoms with Crippen LogP contribution in [0.3, 0.4) is 0 Å². The zero-order valence-electron chi connectivity index (χ0n) is 21.7. The van der Waals surface area contributed by atoms with E-state index in [1.165, 1.54) is 13.2 Å². The van der Waals surface area contributed by atoms with Gasteiger partial charge in [-0.05, 0) is 25.0 Å². The van der Waals surface area contributed by atoms with Crippen LogP contribution in [-0.2, 0) is 11.3 Å². The van der Waals surface area contributed by atoms with Crippen molar-refractivity contribution in [2.24, 2.45) is 5.92 Å². The molecule has 0 bridgehead atoms. The first-order chi connectivity index (χ1) is 19.2. The smallest absolute Gasteiger partial charge is 0.277 e. The van der Waals surface area contributed by atoms with Crippen LogP contribution in [0.5, 0.6) is 5.75 Å². The Balaban J connectivity index is 1.44. The summed E-state index contributed by atoms with van der Waals surface area (Å²) in [6.45, 7) is 4.09. The SMILES string of the molecule is [B]C(O)(O)NC(=O)c1nnc(NC(=O)C2CC2)cc1Nc1cccc(-c2nc(CN3CCNCC3)no2)c1OC. The Kier molecular flexibility index (Phi) is 7.93. The number of aliphatic hydroxyl groups is 2. The number of hydrogen-bond acceptors (Lipinski definition) is 13. The molecule has 2 aliphatic rings. The maximum atomic E-state index is 12.7. The van der Waals surface area contributed by atoms with Crippen LogP contribution in [0.2, 0.25) is 0 Å². The van der Waals surface area contributed by atoms with E-state index in [-0.39, 0.29) is 34.9 Å². The van der Waals surface area contributed by atoms with Gasteiger partial charge < -0.3 is 40.7 Å². The summed E-state index contributed by atoms with van der Waals surface area (Å²) in [6.07, 6.45) is 1.57. The van der Waals surface area contributed by atoms with Crippen molar-refractivity contribution in [3.05, 3.63) is 35.8 Å². The number of aromatic nitrogens is 4. The summed E-state index contributed by atoms with van der Waals surface area (Å²) in [7, 11) is 6.57. The molecule has 3 heterocycles. The maximum absolute atomic E-state index is 12.7. The minimum atomic E-state index is -2.99. The molecule has 0 unspecified atom stereocenters. The van der Waals surface area contributed by atoms with Gasteiger partial charge in [-0.1, -0.05) is 11.2 Å². The molecule has 5 rings (SSSR count). The van der Waals surface area contributed by atoms with E-state index in [1.54, 1.807) is 23.5 Å². The van der Waals surface area contributed by atoms with E-state index >= 15 is 0 Å². The molecule has 6 N–H and O–H groups in total. The fraction of sp³-hybridized carbons (Fsp3) is 0.417. The van der Waals surface area contributed by atoms with Gasteiger partial charge in [-0.2, -0.15) is 4.98 Å². The van der Waals surface area contributed by atoms with E-state index in [4.69, 9.17) is 17.1 Å². The van der Waals surface area contributed by atoms with Crippen molar-refractivity contribution < 1.29 is 29.1 Å². The molecule has 16 heteroatoms. The number of anilines is 3. The summed E-state index contributed by atoms with van der Waals surface area (Å²) < 4.78 is 11.2. The highest BCUT2D eigenvalue weighted by Gasteiger charge is 2.30. The van der Waals surface area contributed by atoms with Crippen molar-refractivity contribution in [2.75, 3.05) is 43.9 Å².